The third-order valence-corrected chi connectivity index (χ3v) is 3.13. The van der Waals surface area contributed by atoms with Crippen molar-refractivity contribution in [2.45, 2.75) is 32.2 Å². The van der Waals surface area contributed by atoms with Crippen LogP contribution in [0.2, 0.25) is 0 Å². The highest BCUT2D eigenvalue weighted by Gasteiger charge is 2.20. The predicted molar refractivity (Wildman–Crippen MR) is 82.4 cm³/mol. The molecular weight excluding hydrogens is 302 g/mol. The zero-order valence-electron chi connectivity index (χ0n) is 13.2. The molecule has 0 radical (unpaired) electrons. The van der Waals surface area contributed by atoms with E-state index >= 15 is 0 Å². The van der Waals surface area contributed by atoms with Gasteiger partial charge in [0.25, 0.3) is 5.91 Å². The highest BCUT2D eigenvalue weighted by molar-refractivity contribution is 5.96. The lowest BCUT2D eigenvalue weighted by Gasteiger charge is -2.14. The van der Waals surface area contributed by atoms with Crippen molar-refractivity contribution >= 4 is 17.8 Å². The van der Waals surface area contributed by atoms with Crippen LogP contribution in [-0.4, -0.2) is 42.7 Å². The fourth-order valence-electron chi connectivity index (χ4n) is 1.84. The monoisotopic (exact) mass is 323 g/mol. The third kappa shape index (κ3) is 6.37. The largest absolute Gasteiger partial charge is 0.482 e. The second kappa shape index (κ2) is 9.45. The first-order valence-electron chi connectivity index (χ1n) is 7.31. The van der Waals surface area contributed by atoms with E-state index < -0.39 is 23.9 Å². The number of hydrogen-bond donors (Lipinski definition) is 2. The zero-order valence-corrected chi connectivity index (χ0v) is 13.2. The van der Waals surface area contributed by atoms with E-state index in [1.807, 2.05) is 6.92 Å². The number of esters is 1. The van der Waals surface area contributed by atoms with E-state index in [0.717, 1.165) is 6.42 Å². The van der Waals surface area contributed by atoms with Gasteiger partial charge in [0, 0.05) is 5.56 Å². The number of carboxylic acids is 1. The molecule has 1 aromatic rings. The van der Waals surface area contributed by atoms with Crippen LogP contribution in [0.15, 0.2) is 24.3 Å². The van der Waals surface area contributed by atoms with Crippen molar-refractivity contribution in [2.24, 2.45) is 0 Å². The Morgan fingerprint density at radius 1 is 1.30 bits per heavy atom. The minimum absolute atomic E-state index is 0.259. The summed E-state index contributed by atoms with van der Waals surface area (Å²) in [4.78, 5) is 34.3. The van der Waals surface area contributed by atoms with Gasteiger partial charge in [-0.05, 0) is 24.6 Å². The maximum Gasteiger partial charge on any atom is 0.343 e. The SMILES string of the molecule is CCCC[C@H](NC(=O)c1cccc(OCC(=O)OC)c1)C(=O)O. The average Bonchev–Trinajstić information content (AvgIpc) is 2.56. The number of carbonyl (C=O) groups excluding carboxylic acids is 2. The number of unbranched alkanes of at least 4 members (excludes halogenated alkanes) is 1. The van der Waals surface area contributed by atoms with Gasteiger partial charge in [-0.3, -0.25) is 4.79 Å². The molecule has 0 saturated heterocycles. The molecule has 0 aliphatic rings. The van der Waals surface area contributed by atoms with Gasteiger partial charge in [0.2, 0.25) is 0 Å². The number of carboxylic acid groups (broad SMARTS) is 1. The fourth-order valence-corrected chi connectivity index (χ4v) is 1.84. The molecule has 0 aliphatic carbocycles. The van der Waals surface area contributed by atoms with Crippen molar-refractivity contribution in [2.75, 3.05) is 13.7 Å². The average molecular weight is 323 g/mol. The molecule has 0 unspecified atom stereocenters. The summed E-state index contributed by atoms with van der Waals surface area (Å²) < 4.78 is 9.65. The van der Waals surface area contributed by atoms with Crippen molar-refractivity contribution in [1.29, 1.82) is 0 Å². The fraction of sp³-hybridized carbons (Fsp3) is 0.438. The molecule has 0 heterocycles. The summed E-state index contributed by atoms with van der Waals surface area (Å²) in [7, 11) is 1.25. The molecule has 0 bridgehead atoms. The van der Waals surface area contributed by atoms with E-state index in [2.05, 4.69) is 10.1 Å². The molecular formula is C16H21NO6. The molecule has 126 valence electrons. The minimum Gasteiger partial charge on any atom is -0.482 e. The Hall–Kier alpha value is -2.57. The van der Waals surface area contributed by atoms with E-state index in [4.69, 9.17) is 9.84 Å². The molecule has 23 heavy (non-hydrogen) atoms. The van der Waals surface area contributed by atoms with Crippen LogP contribution in [0.4, 0.5) is 0 Å². The Morgan fingerprint density at radius 2 is 2.04 bits per heavy atom. The first-order chi connectivity index (χ1) is 11.0. The second-order valence-corrected chi connectivity index (χ2v) is 4.90. The summed E-state index contributed by atoms with van der Waals surface area (Å²) in [5.41, 5.74) is 0.259. The van der Waals surface area contributed by atoms with Crippen LogP contribution >= 0.6 is 0 Å². The molecule has 1 aromatic carbocycles. The molecule has 1 atom stereocenters. The van der Waals surface area contributed by atoms with E-state index in [1.165, 1.54) is 13.2 Å². The van der Waals surface area contributed by atoms with Gasteiger partial charge in [-0.2, -0.15) is 0 Å². The molecule has 7 nitrogen and oxygen atoms in total. The van der Waals surface area contributed by atoms with E-state index in [0.29, 0.717) is 18.6 Å². The number of methoxy groups -OCH3 is 1. The summed E-state index contributed by atoms with van der Waals surface area (Å²) in [5, 5.41) is 11.6. The Balaban J connectivity index is 2.71. The highest BCUT2D eigenvalue weighted by Crippen LogP contribution is 2.14. The van der Waals surface area contributed by atoms with Crippen molar-refractivity contribution < 1.29 is 29.0 Å². The number of nitrogens with one attached hydrogen (secondary N) is 1. The quantitative estimate of drug-likeness (QED) is 0.669. The number of hydrogen-bond acceptors (Lipinski definition) is 5. The number of rotatable bonds is 9. The van der Waals surface area contributed by atoms with Crippen LogP contribution < -0.4 is 10.1 Å². The first kappa shape index (κ1) is 18.5. The maximum absolute atomic E-state index is 12.1. The first-order valence-corrected chi connectivity index (χ1v) is 7.31. The minimum atomic E-state index is -1.06. The molecule has 0 aromatic heterocycles. The van der Waals surface area contributed by atoms with Gasteiger partial charge in [0.05, 0.1) is 7.11 Å². The lowest BCUT2D eigenvalue weighted by atomic mass is 10.1. The standard InChI is InChI=1S/C16H21NO6/c1-3-4-8-13(16(20)21)17-15(19)11-6-5-7-12(9-11)23-10-14(18)22-2/h5-7,9,13H,3-4,8,10H2,1-2H3,(H,17,19)(H,20,21)/t13-/m0/s1. The summed E-state index contributed by atoms with van der Waals surface area (Å²) in [6, 6.07) is 5.23. The number of aliphatic carboxylic acids is 1. The topological polar surface area (TPSA) is 102 Å². The number of benzene rings is 1. The van der Waals surface area contributed by atoms with Gasteiger partial charge in [0.1, 0.15) is 11.8 Å². The van der Waals surface area contributed by atoms with Gasteiger partial charge in [-0.15, -0.1) is 0 Å². The Labute approximate surface area is 134 Å². The summed E-state index contributed by atoms with van der Waals surface area (Å²) >= 11 is 0. The molecule has 2 N–H and O–H groups in total. The van der Waals surface area contributed by atoms with Gasteiger partial charge < -0.3 is 19.9 Å². The van der Waals surface area contributed by atoms with Crippen molar-refractivity contribution in [3.8, 4) is 5.75 Å². The lowest BCUT2D eigenvalue weighted by molar-refractivity contribution is -0.143. The number of ether oxygens (including phenoxy) is 2. The molecule has 0 spiro atoms. The molecule has 1 rings (SSSR count). The Kier molecular flexibility index (Phi) is 7.59. The van der Waals surface area contributed by atoms with Crippen molar-refractivity contribution in [1.82, 2.24) is 5.32 Å². The van der Waals surface area contributed by atoms with Gasteiger partial charge >= 0.3 is 11.9 Å². The summed E-state index contributed by atoms with van der Waals surface area (Å²) in [5.74, 6) is -1.78. The smallest absolute Gasteiger partial charge is 0.343 e. The van der Waals surface area contributed by atoms with Crippen LogP contribution in [-0.2, 0) is 14.3 Å². The Morgan fingerprint density at radius 3 is 2.65 bits per heavy atom. The van der Waals surface area contributed by atoms with E-state index in [-0.39, 0.29) is 12.2 Å². The number of amides is 1. The maximum atomic E-state index is 12.1. The van der Waals surface area contributed by atoms with Crippen molar-refractivity contribution in [3.63, 3.8) is 0 Å². The van der Waals surface area contributed by atoms with E-state index in [1.54, 1.807) is 18.2 Å². The molecule has 0 fully saturated rings. The number of carbonyl (C=O) groups is 3. The highest BCUT2D eigenvalue weighted by atomic mass is 16.6. The van der Waals surface area contributed by atoms with Crippen LogP contribution in [0.1, 0.15) is 36.5 Å². The van der Waals surface area contributed by atoms with Gasteiger partial charge in [-0.25, -0.2) is 9.59 Å². The van der Waals surface area contributed by atoms with Crippen molar-refractivity contribution in [3.05, 3.63) is 29.8 Å². The lowest BCUT2D eigenvalue weighted by Crippen LogP contribution is -2.40. The molecule has 1 amide bonds. The van der Waals surface area contributed by atoms with Gasteiger partial charge in [-0.1, -0.05) is 25.8 Å². The normalized spacial score (nSPS) is 11.4. The molecule has 0 aliphatic heterocycles. The predicted octanol–water partition coefficient (Wildman–Crippen LogP) is 1.61. The summed E-state index contributed by atoms with van der Waals surface area (Å²) in [6.07, 6.45) is 1.92. The molecule has 7 heteroatoms. The van der Waals surface area contributed by atoms with Crippen LogP contribution in [0, 0.1) is 0 Å². The third-order valence-electron chi connectivity index (χ3n) is 3.13. The van der Waals surface area contributed by atoms with Crippen LogP contribution in [0.25, 0.3) is 0 Å². The van der Waals surface area contributed by atoms with Gasteiger partial charge in [0.15, 0.2) is 6.61 Å². The zero-order chi connectivity index (χ0) is 17.2. The Bertz CT molecular complexity index is 557. The van der Waals surface area contributed by atoms with Crippen LogP contribution in [0.3, 0.4) is 0 Å². The van der Waals surface area contributed by atoms with Crippen LogP contribution in [0.5, 0.6) is 5.75 Å². The molecule has 0 saturated carbocycles. The van der Waals surface area contributed by atoms with E-state index in [9.17, 15) is 14.4 Å². The second-order valence-electron chi connectivity index (χ2n) is 4.90. The summed E-state index contributed by atoms with van der Waals surface area (Å²) in [6.45, 7) is 1.68.